The van der Waals surface area contributed by atoms with Gasteiger partial charge < -0.3 is 9.47 Å². The molecule has 1 rings (SSSR count). The second kappa shape index (κ2) is 6.71. The van der Waals surface area contributed by atoms with Crippen LogP contribution in [0.15, 0.2) is 12.1 Å². The molecule has 3 heteroatoms. The quantitative estimate of drug-likeness (QED) is 0.737. The molecule has 19 heavy (non-hydrogen) atoms. The van der Waals surface area contributed by atoms with Crippen molar-refractivity contribution in [2.45, 2.75) is 40.7 Å². The maximum Gasteiger partial charge on any atom is 0.192 e. The Bertz CT molecular complexity index is 450. The number of hydrogen-bond donors (Lipinski definition) is 0. The van der Waals surface area contributed by atoms with Gasteiger partial charge in [-0.05, 0) is 49.9 Å². The van der Waals surface area contributed by atoms with Crippen molar-refractivity contribution in [2.24, 2.45) is 5.92 Å². The van der Waals surface area contributed by atoms with Gasteiger partial charge in [-0.15, -0.1) is 0 Å². The van der Waals surface area contributed by atoms with Crippen molar-refractivity contribution >= 4 is 5.78 Å². The summed E-state index contributed by atoms with van der Waals surface area (Å²) in [6.07, 6.45) is -0.378. The van der Waals surface area contributed by atoms with E-state index < -0.39 is 0 Å². The number of ether oxygens (including phenoxy) is 2. The van der Waals surface area contributed by atoms with Gasteiger partial charge in [-0.2, -0.15) is 0 Å². The lowest BCUT2D eigenvalue weighted by Gasteiger charge is -2.21. The zero-order valence-electron chi connectivity index (χ0n) is 12.7. The zero-order chi connectivity index (χ0) is 14.6. The molecule has 1 aromatic carbocycles. The van der Waals surface area contributed by atoms with E-state index in [-0.39, 0.29) is 17.8 Å². The number of carbonyl (C=O) groups excluding carboxylic acids is 1. The fraction of sp³-hybridized carbons (Fsp3) is 0.562. The van der Waals surface area contributed by atoms with Crippen molar-refractivity contribution in [2.75, 3.05) is 13.7 Å². The molecule has 0 amide bonds. The molecule has 0 aliphatic heterocycles. The highest BCUT2D eigenvalue weighted by Crippen LogP contribution is 2.25. The van der Waals surface area contributed by atoms with Crippen molar-refractivity contribution in [1.82, 2.24) is 0 Å². The van der Waals surface area contributed by atoms with Crippen LogP contribution >= 0.6 is 0 Å². The van der Waals surface area contributed by atoms with Gasteiger partial charge in [0.1, 0.15) is 11.9 Å². The lowest BCUT2D eigenvalue weighted by Crippen LogP contribution is -2.30. The first kappa shape index (κ1) is 15.7. The minimum absolute atomic E-state index is 0.0557. The highest BCUT2D eigenvalue weighted by atomic mass is 16.5. The van der Waals surface area contributed by atoms with Crippen molar-refractivity contribution in [3.8, 4) is 5.75 Å². The molecule has 1 aromatic rings. The van der Waals surface area contributed by atoms with Gasteiger partial charge in [0.15, 0.2) is 5.78 Å². The molecule has 0 saturated carbocycles. The molecule has 1 unspecified atom stereocenters. The molecule has 0 aliphatic carbocycles. The number of benzene rings is 1. The van der Waals surface area contributed by atoms with Gasteiger partial charge in [-0.1, -0.05) is 13.8 Å². The molecule has 3 nitrogen and oxygen atoms in total. The third kappa shape index (κ3) is 3.57. The number of rotatable bonds is 6. The van der Waals surface area contributed by atoms with Crippen LogP contribution in [0.25, 0.3) is 0 Å². The average molecular weight is 264 g/mol. The number of ketones is 1. The summed E-state index contributed by atoms with van der Waals surface area (Å²) in [5.41, 5.74) is 2.62. The number of aryl methyl sites for hydroxylation is 2. The van der Waals surface area contributed by atoms with E-state index in [1.807, 2.05) is 46.8 Å². The topological polar surface area (TPSA) is 35.5 Å². The van der Waals surface area contributed by atoms with E-state index >= 15 is 0 Å². The van der Waals surface area contributed by atoms with Crippen LogP contribution in [-0.4, -0.2) is 25.6 Å². The maximum absolute atomic E-state index is 12.6. The molecule has 0 saturated heterocycles. The number of Topliss-reactive ketones (excluding diaryl/α,β-unsaturated/α-hetero) is 1. The van der Waals surface area contributed by atoms with Crippen LogP contribution in [0.1, 0.15) is 42.3 Å². The third-order valence-corrected chi connectivity index (χ3v) is 3.22. The van der Waals surface area contributed by atoms with E-state index in [0.717, 1.165) is 22.4 Å². The molecule has 0 N–H and O–H groups in total. The second-order valence-electron chi connectivity index (χ2n) is 5.12. The van der Waals surface area contributed by atoms with Crippen LogP contribution in [0.2, 0.25) is 0 Å². The van der Waals surface area contributed by atoms with E-state index in [0.29, 0.717) is 6.61 Å². The average Bonchev–Trinajstić information content (AvgIpc) is 2.37. The summed E-state index contributed by atoms with van der Waals surface area (Å²) in [5.74, 6) is 1.03. The molecule has 1 atom stereocenters. The van der Waals surface area contributed by atoms with E-state index in [9.17, 15) is 4.79 Å². The Morgan fingerprint density at radius 2 is 1.84 bits per heavy atom. The van der Waals surface area contributed by atoms with Crippen LogP contribution < -0.4 is 4.74 Å². The molecule has 0 bridgehead atoms. The van der Waals surface area contributed by atoms with E-state index in [4.69, 9.17) is 9.47 Å². The van der Waals surface area contributed by atoms with Gasteiger partial charge in [0.2, 0.25) is 0 Å². The van der Waals surface area contributed by atoms with Crippen LogP contribution in [0.4, 0.5) is 0 Å². The summed E-state index contributed by atoms with van der Waals surface area (Å²) < 4.78 is 10.9. The Balaban J connectivity index is 3.14. The molecular weight excluding hydrogens is 240 g/mol. The Kier molecular flexibility index (Phi) is 5.55. The lowest BCUT2D eigenvalue weighted by atomic mass is 9.93. The zero-order valence-corrected chi connectivity index (χ0v) is 12.7. The standard InChI is InChI=1S/C16H24O3/c1-7-19-16(10(2)3)15(17)13-8-12(5)14(18-6)9-11(13)4/h8-10,16H,7H2,1-6H3. The predicted molar refractivity (Wildman–Crippen MR) is 77.1 cm³/mol. The summed E-state index contributed by atoms with van der Waals surface area (Å²) in [4.78, 5) is 12.6. The number of hydrogen-bond acceptors (Lipinski definition) is 3. The molecule has 106 valence electrons. The highest BCUT2D eigenvalue weighted by molar-refractivity contribution is 6.01. The van der Waals surface area contributed by atoms with E-state index in [2.05, 4.69) is 0 Å². The van der Waals surface area contributed by atoms with Crippen molar-refractivity contribution in [3.05, 3.63) is 28.8 Å². The Labute approximate surface area is 115 Å². The van der Waals surface area contributed by atoms with Gasteiger partial charge >= 0.3 is 0 Å². The lowest BCUT2D eigenvalue weighted by molar-refractivity contribution is 0.0279. The first-order chi connectivity index (χ1) is 8.92. The third-order valence-electron chi connectivity index (χ3n) is 3.22. The summed E-state index contributed by atoms with van der Waals surface area (Å²) in [7, 11) is 1.64. The minimum atomic E-state index is -0.378. The van der Waals surface area contributed by atoms with Gasteiger partial charge in [0, 0.05) is 12.2 Å². The molecule has 0 spiro atoms. The van der Waals surface area contributed by atoms with Crippen molar-refractivity contribution in [3.63, 3.8) is 0 Å². The smallest absolute Gasteiger partial charge is 0.192 e. The summed E-state index contributed by atoms with van der Waals surface area (Å²) in [6.45, 7) is 10.3. The molecule has 0 aliphatic rings. The SMILES string of the molecule is CCOC(C(=O)c1cc(C)c(OC)cc1C)C(C)C. The van der Waals surface area contributed by atoms with Gasteiger partial charge in [-0.25, -0.2) is 0 Å². The van der Waals surface area contributed by atoms with Gasteiger partial charge in [0.25, 0.3) is 0 Å². The van der Waals surface area contributed by atoms with Crippen LogP contribution in [0, 0.1) is 19.8 Å². The molecule has 0 aromatic heterocycles. The molecular formula is C16H24O3. The van der Waals surface area contributed by atoms with Gasteiger partial charge in [-0.3, -0.25) is 4.79 Å². The molecule has 0 radical (unpaired) electrons. The summed E-state index contributed by atoms with van der Waals surface area (Å²) in [5, 5.41) is 0. The van der Waals surface area contributed by atoms with E-state index in [1.165, 1.54) is 0 Å². The fourth-order valence-corrected chi connectivity index (χ4v) is 2.18. The van der Waals surface area contributed by atoms with E-state index in [1.54, 1.807) is 7.11 Å². The summed E-state index contributed by atoms with van der Waals surface area (Å²) in [6, 6.07) is 3.80. The normalized spacial score (nSPS) is 12.6. The maximum atomic E-state index is 12.6. The Hall–Kier alpha value is -1.35. The van der Waals surface area contributed by atoms with Crippen LogP contribution in [0.3, 0.4) is 0 Å². The number of methoxy groups -OCH3 is 1. The number of carbonyl (C=O) groups is 1. The minimum Gasteiger partial charge on any atom is -0.496 e. The fourth-order valence-electron chi connectivity index (χ4n) is 2.18. The largest absolute Gasteiger partial charge is 0.496 e. The predicted octanol–water partition coefficient (Wildman–Crippen LogP) is 3.56. The first-order valence-corrected chi connectivity index (χ1v) is 6.73. The van der Waals surface area contributed by atoms with Crippen LogP contribution in [0.5, 0.6) is 5.75 Å². The second-order valence-corrected chi connectivity index (χ2v) is 5.12. The highest BCUT2D eigenvalue weighted by Gasteiger charge is 2.25. The van der Waals surface area contributed by atoms with Crippen LogP contribution in [-0.2, 0) is 4.74 Å². The Morgan fingerprint density at radius 3 is 2.32 bits per heavy atom. The first-order valence-electron chi connectivity index (χ1n) is 6.73. The monoisotopic (exact) mass is 264 g/mol. The van der Waals surface area contributed by atoms with Gasteiger partial charge in [0.05, 0.1) is 7.11 Å². The van der Waals surface area contributed by atoms with Crippen molar-refractivity contribution < 1.29 is 14.3 Å². The Morgan fingerprint density at radius 1 is 1.21 bits per heavy atom. The van der Waals surface area contributed by atoms with Crippen molar-refractivity contribution in [1.29, 1.82) is 0 Å². The molecule has 0 heterocycles. The molecule has 0 fully saturated rings. The summed E-state index contributed by atoms with van der Waals surface area (Å²) >= 11 is 0.